The van der Waals surface area contributed by atoms with Crippen LogP contribution in [0.3, 0.4) is 0 Å². The summed E-state index contributed by atoms with van der Waals surface area (Å²) < 4.78 is 1.73. The van der Waals surface area contributed by atoms with Crippen molar-refractivity contribution in [2.45, 2.75) is 6.42 Å². The smallest absolute Gasteiger partial charge is 0.186 e. The van der Waals surface area contributed by atoms with Crippen molar-refractivity contribution in [3.05, 3.63) is 60.3 Å². The van der Waals surface area contributed by atoms with Crippen LogP contribution in [-0.4, -0.2) is 20.3 Å². The van der Waals surface area contributed by atoms with Gasteiger partial charge in [0.15, 0.2) is 5.78 Å². The third kappa shape index (κ3) is 2.25. The zero-order chi connectivity index (χ0) is 13.2. The standard InChI is InChI=1S/C15H13N3O/c1-18-10-16-9-14(18)15(19)8-12-7-6-11-4-2-3-5-13(11)17-12/h2-7,9-10H,8H2,1H3. The topological polar surface area (TPSA) is 47.8 Å². The van der Waals surface area contributed by atoms with Gasteiger partial charge in [0, 0.05) is 18.1 Å². The van der Waals surface area contributed by atoms with Gasteiger partial charge in [-0.2, -0.15) is 0 Å². The molecule has 0 aliphatic rings. The van der Waals surface area contributed by atoms with Gasteiger partial charge in [0.05, 0.1) is 24.5 Å². The van der Waals surface area contributed by atoms with Crippen molar-refractivity contribution in [2.24, 2.45) is 7.05 Å². The predicted molar refractivity (Wildman–Crippen MR) is 73.0 cm³/mol. The van der Waals surface area contributed by atoms with Crippen LogP contribution in [0, 0.1) is 0 Å². The lowest BCUT2D eigenvalue weighted by molar-refractivity contribution is 0.0984. The maximum absolute atomic E-state index is 12.1. The zero-order valence-electron chi connectivity index (χ0n) is 10.6. The predicted octanol–water partition coefficient (Wildman–Crippen LogP) is 2.39. The molecule has 0 saturated carbocycles. The van der Waals surface area contributed by atoms with Gasteiger partial charge in [-0.1, -0.05) is 24.3 Å². The molecule has 19 heavy (non-hydrogen) atoms. The lowest BCUT2D eigenvalue weighted by Crippen LogP contribution is -2.09. The Morgan fingerprint density at radius 3 is 2.84 bits per heavy atom. The first-order valence-corrected chi connectivity index (χ1v) is 6.08. The molecule has 0 aliphatic heterocycles. The lowest BCUT2D eigenvalue weighted by atomic mass is 10.1. The number of fused-ring (bicyclic) bond motifs is 1. The fourth-order valence-electron chi connectivity index (χ4n) is 2.09. The second-order valence-corrected chi connectivity index (χ2v) is 4.49. The number of nitrogens with zero attached hydrogens (tertiary/aromatic N) is 3. The highest BCUT2D eigenvalue weighted by molar-refractivity contribution is 5.95. The second kappa shape index (κ2) is 4.65. The van der Waals surface area contributed by atoms with Crippen molar-refractivity contribution in [1.29, 1.82) is 0 Å². The molecule has 2 heterocycles. The number of Topliss-reactive ketones (excluding diaryl/α,β-unsaturated/α-hetero) is 1. The molecule has 4 heteroatoms. The summed E-state index contributed by atoms with van der Waals surface area (Å²) in [6.07, 6.45) is 3.51. The van der Waals surface area contributed by atoms with Crippen molar-refractivity contribution in [3.63, 3.8) is 0 Å². The first-order chi connectivity index (χ1) is 9.24. The van der Waals surface area contributed by atoms with E-state index >= 15 is 0 Å². The molecular formula is C15H13N3O. The Morgan fingerprint density at radius 1 is 1.21 bits per heavy atom. The van der Waals surface area contributed by atoms with E-state index in [4.69, 9.17) is 0 Å². The summed E-state index contributed by atoms with van der Waals surface area (Å²) in [4.78, 5) is 20.6. The highest BCUT2D eigenvalue weighted by atomic mass is 16.1. The maximum atomic E-state index is 12.1. The number of ketones is 1. The van der Waals surface area contributed by atoms with E-state index in [0.717, 1.165) is 16.6 Å². The van der Waals surface area contributed by atoms with E-state index in [0.29, 0.717) is 12.1 Å². The molecular weight excluding hydrogens is 238 g/mol. The largest absolute Gasteiger partial charge is 0.331 e. The van der Waals surface area contributed by atoms with Crippen LogP contribution in [0.4, 0.5) is 0 Å². The van der Waals surface area contributed by atoms with Crippen molar-refractivity contribution >= 4 is 16.7 Å². The molecule has 3 aromatic rings. The minimum atomic E-state index is 0.0304. The molecule has 0 radical (unpaired) electrons. The van der Waals surface area contributed by atoms with E-state index in [1.807, 2.05) is 43.4 Å². The first kappa shape index (κ1) is 11.6. The SMILES string of the molecule is Cn1cncc1C(=O)Cc1ccc2ccccc2n1. The summed E-state index contributed by atoms with van der Waals surface area (Å²) >= 11 is 0. The number of aryl methyl sites for hydroxylation is 1. The Hall–Kier alpha value is -2.49. The van der Waals surface area contributed by atoms with Gasteiger partial charge in [-0.15, -0.1) is 0 Å². The monoisotopic (exact) mass is 251 g/mol. The third-order valence-corrected chi connectivity index (χ3v) is 3.10. The molecule has 0 spiro atoms. The lowest BCUT2D eigenvalue weighted by Gasteiger charge is -2.03. The van der Waals surface area contributed by atoms with Crippen molar-refractivity contribution in [3.8, 4) is 0 Å². The number of benzene rings is 1. The quantitative estimate of drug-likeness (QED) is 0.671. The molecule has 4 nitrogen and oxygen atoms in total. The number of imidazole rings is 1. The molecule has 2 aromatic heterocycles. The summed E-state index contributed by atoms with van der Waals surface area (Å²) in [5.41, 5.74) is 2.30. The molecule has 0 saturated heterocycles. The number of carbonyl (C=O) groups is 1. The van der Waals surface area contributed by atoms with E-state index in [2.05, 4.69) is 9.97 Å². The molecule has 0 amide bonds. The van der Waals surface area contributed by atoms with Crippen LogP contribution in [0.1, 0.15) is 16.2 Å². The van der Waals surface area contributed by atoms with Gasteiger partial charge < -0.3 is 4.57 Å². The zero-order valence-corrected chi connectivity index (χ0v) is 10.6. The molecule has 0 fully saturated rings. The summed E-state index contributed by atoms with van der Waals surface area (Å²) in [5, 5.41) is 1.08. The fraction of sp³-hybridized carbons (Fsp3) is 0.133. The molecule has 94 valence electrons. The third-order valence-electron chi connectivity index (χ3n) is 3.10. The Morgan fingerprint density at radius 2 is 2.05 bits per heavy atom. The Bertz CT molecular complexity index is 746. The maximum Gasteiger partial charge on any atom is 0.186 e. The number of pyridine rings is 1. The van der Waals surface area contributed by atoms with Crippen LogP contribution >= 0.6 is 0 Å². The van der Waals surface area contributed by atoms with Gasteiger partial charge in [0.25, 0.3) is 0 Å². The minimum absolute atomic E-state index is 0.0304. The van der Waals surface area contributed by atoms with Crippen LogP contribution in [-0.2, 0) is 13.5 Å². The number of para-hydroxylation sites is 1. The molecule has 0 aliphatic carbocycles. The minimum Gasteiger partial charge on any atom is -0.331 e. The molecule has 1 aromatic carbocycles. The van der Waals surface area contributed by atoms with Crippen molar-refractivity contribution < 1.29 is 4.79 Å². The summed E-state index contributed by atoms with van der Waals surface area (Å²) in [7, 11) is 1.81. The van der Waals surface area contributed by atoms with E-state index < -0.39 is 0 Å². The van der Waals surface area contributed by atoms with Crippen molar-refractivity contribution in [1.82, 2.24) is 14.5 Å². The van der Waals surface area contributed by atoms with E-state index in [9.17, 15) is 4.79 Å². The van der Waals surface area contributed by atoms with Crippen LogP contribution in [0.25, 0.3) is 10.9 Å². The van der Waals surface area contributed by atoms with Crippen molar-refractivity contribution in [2.75, 3.05) is 0 Å². The molecule has 0 bridgehead atoms. The summed E-state index contributed by atoms with van der Waals surface area (Å²) in [6.45, 7) is 0. The van der Waals surface area contributed by atoms with Gasteiger partial charge in [0.2, 0.25) is 0 Å². The highest BCUT2D eigenvalue weighted by Gasteiger charge is 2.11. The normalized spacial score (nSPS) is 10.8. The van der Waals surface area contributed by atoms with Gasteiger partial charge in [-0.05, 0) is 12.1 Å². The molecule has 0 atom stereocenters. The van der Waals surface area contributed by atoms with Crippen LogP contribution in [0.15, 0.2) is 48.9 Å². The van der Waals surface area contributed by atoms with Crippen LogP contribution in [0.2, 0.25) is 0 Å². The number of aromatic nitrogens is 3. The van der Waals surface area contributed by atoms with Crippen LogP contribution in [0.5, 0.6) is 0 Å². The Kier molecular flexibility index (Phi) is 2.83. The molecule has 3 rings (SSSR count). The van der Waals surface area contributed by atoms with E-state index in [-0.39, 0.29) is 5.78 Å². The fourth-order valence-corrected chi connectivity index (χ4v) is 2.09. The Labute approximate surface area is 110 Å². The number of rotatable bonds is 3. The van der Waals surface area contributed by atoms with Gasteiger partial charge >= 0.3 is 0 Å². The van der Waals surface area contributed by atoms with E-state index in [1.165, 1.54) is 0 Å². The average molecular weight is 251 g/mol. The van der Waals surface area contributed by atoms with Crippen LogP contribution < -0.4 is 0 Å². The summed E-state index contributed by atoms with van der Waals surface area (Å²) in [5.74, 6) is 0.0304. The highest BCUT2D eigenvalue weighted by Crippen LogP contribution is 2.13. The molecule has 0 N–H and O–H groups in total. The average Bonchev–Trinajstić information content (AvgIpc) is 2.85. The van der Waals surface area contributed by atoms with E-state index in [1.54, 1.807) is 17.1 Å². The Balaban J connectivity index is 1.89. The number of hydrogen-bond donors (Lipinski definition) is 0. The van der Waals surface area contributed by atoms with Gasteiger partial charge in [-0.25, -0.2) is 4.98 Å². The number of hydrogen-bond acceptors (Lipinski definition) is 3. The van der Waals surface area contributed by atoms with Gasteiger partial charge in [0.1, 0.15) is 5.69 Å². The number of carbonyl (C=O) groups excluding carboxylic acids is 1. The first-order valence-electron chi connectivity index (χ1n) is 6.08. The summed E-state index contributed by atoms with van der Waals surface area (Å²) in [6, 6.07) is 11.8. The molecule has 0 unspecified atom stereocenters. The van der Waals surface area contributed by atoms with Gasteiger partial charge in [-0.3, -0.25) is 9.78 Å². The second-order valence-electron chi connectivity index (χ2n) is 4.49.